The van der Waals surface area contributed by atoms with Gasteiger partial charge >= 0.3 is 0 Å². The van der Waals surface area contributed by atoms with Crippen LogP contribution in [0.15, 0.2) is 0 Å². The fraction of sp³-hybridized carbons (Fsp3) is 0.500. The van der Waals surface area contributed by atoms with Crippen molar-refractivity contribution in [3.63, 3.8) is 0 Å². The Morgan fingerprint density at radius 3 is 3.08 bits per heavy atom. The lowest BCUT2D eigenvalue weighted by molar-refractivity contribution is 0.0456. The maximum absolute atomic E-state index is 8.91. The van der Waals surface area contributed by atoms with E-state index in [4.69, 9.17) is 14.6 Å². The highest BCUT2D eigenvalue weighted by molar-refractivity contribution is 14.1. The molecule has 1 aliphatic rings. The summed E-state index contributed by atoms with van der Waals surface area (Å²) in [7, 11) is 0. The summed E-state index contributed by atoms with van der Waals surface area (Å²) in [6.07, 6.45) is -0.211. The molecule has 1 aliphatic heterocycles. The molecule has 1 unspecified atom stereocenters. The first-order valence-electron chi connectivity index (χ1n) is 3.91. The molecule has 0 fully saturated rings. The van der Waals surface area contributed by atoms with Gasteiger partial charge in [0.25, 0.3) is 0 Å². The van der Waals surface area contributed by atoms with Gasteiger partial charge in [0.2, 0.25) is 0 Å². The van der Waals surface area contributed by atoms with Crippen LogP contribution in [0.4, 0.5) is 0 Å². The van der Waals surface area contributed by atoms with Crippen LogP contribution in [-0.2, 0) is 0 Å². The number of hydrogen-bond acceptors (Lipinski definition) is 4. The molecule has 0 bridgehead atoms. The van der Waals surface area contributed by atoms with Crippen molar-refractivity contribution in [3.8, 4) is 11.5 Å². The van der Waals surface area contributed by atoms with E-state index in [0.29, 0.717) is 6.61 Å². The van der Waals surface area contributed by atoms with Crippen molar-refractivity contribution in [1.82, 2.24) is 0 Å². The van der Waals surface area contributed by atoms with Crippen molar-refractivity contribution in [2.75, 3.05) is 13.2 Å². The van der Waals surface area contributed by atoms with Crippen LogP contribution in [-0.4, -0.2) is 24.4 Å². The van der Waals surface area contributed by atoms with Crippen LogP contribution in [0.5, 0.6) is 11.5 Å². The zero-order valence-electron chi connectivity index (χ0n) is 7.04. The van der Waals surface area contributed by atoms with E-state index in [9.17, 15) is 0 Å². The molecule has 0 spiro atoms. The van der Waals surface area contributed by atoms with Gasteiger partial charge in [-0.3, -0.25) is 0 Å². The third-order valence-corrected chi connectivity index (χ3v) is 3.86. The quantitative estimate of drug-likeness (QED) is 0.804. The molecule has 0 aromatic carbocycles. The van der Waals surface area contributed by atoms with Gasteiger partial charge in [0, 0.05) is 4.88 Å². The van der Waals surface area contributed by atoms with Crippen LogP contribution in [0, 0.1) is 9.81 Å². The van der Waals surface area contributed by atoms with E-state index in [1.54, 1.807) is 11.3 Å². The van der Waals surface area contributed by atoms with Crippen molar-refractivity contribution in [2.45, 2.75) is 13.0 Å². The number of halogens is 1. The Morgan fingerprint density at radius 2 is 2.38 bits per heavy atom. The number of ether oxygens (including phenoxy) is 2. The highest BCUT2D eigenvalue weighted by Gasteiger charge is 2.26. The molecule has 1 N–H and O–H groups in total. The van der Waals surface area contributed by atoms with Crippen molar-refractivity contribution in [2.24, 2.45) is 0 Å². The van der Waals surface area contributed by atoms with E-state index in [1.165, 1.54) is 0 Å². The third kappa shape index (κ3) is 1.64. The summed E-state index contributed by atoms with van der Waals surface area (Å²) in [6.45, 7) is 2.44. The van der Waals surface area contributed by atoms with Crippen molar-refractivity contribution < 1.29 is 14.6 Å². The second-order valence-corrected chi connectivity index (χ2v) is 5.86. The molecule has 2 rings (SSSR count). The van der Waals surface area contributed by atoms with Gasteiger partial charge in [-0.15, -0.1) is 11.3 Å². The van der Waals surface area contributed by atoms with Crippen molar-refractivity contribution in [1.29, 1.82) is 0 Å². The topological polar surface area (TPSA) is 38.7 Å². The molecule has 1 aromatic rings. The molecular formula is C8H9IO3S. The predicted molar refractivity (Wildman–Crippen MR) is 58.8 cm³/mol. The van der Waals surface area contributed by atoms with E-state index >= 15 is 0 Å². The number of fused-ring (bicyclic) bond motifs is 1. The first-order valence-corrected chi connectivity index (χ1v) is 5.81. The Balaban J connectivity index is 2.33. The largest absolute Gasteiger partial charge is 0.484 e. The van der Waals surface area contributed by atoms with Crippen LogP contribution in [0.2, 0.25) is 0 Å². The van der Waals surface area contributed by atoms with Gasteiger partial charge in [-0.25, -0.2) is 0 Å². The van der Waals surface area contributed by atoms with Crippen LogP contribution in [0.1, 0.15) is 4.88 Å². The summed E-state index contributed by atoms with van der Waals surface area (Å²) in [4.78, 5) is 1.11. The third-order valence-electron chi connectivity index (χ3n) is 1.85. The van der Waals surface area contributed by atoms with E-state index in [0.717, 1.165) is 19.3 Å². The smallest absolute Gasteiger partial charge is 0.185 e. The molecule has 0 saturated heterocycles. The van der Waals surface area contributed by atoms with E-state index < -0.39 is 0 Å². The van der Waals surface area contributed by atoms with Gasteiger partial charge in [0.05, 0.1) is 6.61 Å². The van der Waals surface area contributed by atoms with Crippen LogP contribution >= 0.6 is 33.9 Å². The number of rotatable bonds is 1. The molecule has 1 atom stereocenters. The lowest BCUT2D eigenvalue weighted by Gasteiger charge is -2.23. The molecule has 2 heterocycles. The van der Waals surface area contributed by atoms with Gasteiger partial charge < -0.3 is 14.6 Å². The van der Waals surface area contributed by atoms with Crippen LogP contribution in [0.3, 0.4) is 0 Å². The highest BCUT2D eigenvalue weighted by Crippen LogP contribution is 2.44. The molecule has 3 nitrogen and oxygen atoms in total. The monoisotopic (exact) mass is 312 g/mol. The van der Waals surface area contributed by atoms with Crippen LogP contribution in [0.25, 0.3) is 0 Å². The normalized spacial score (nSPS) is 20.4. The van der Waals surface area contributed by atoms with Gasteiger partial charge in [0.15, 0.2) is 17.6 Å². The molecule has 72 valence electrons. The second-order valence-electron chi connectivity index (χ2n) is 2.82. The minimum absolute atomic E-state index is 0.00526. The Kier molecular flexibility index (Phi) is 2.66. The molecule has 5 heteroatoms. The number of aryl methyl sites for hydroxylation is 1. The summed E-state index contributed by atoms with van der Waals surface area (Å²) in [5, 5.41) is 8.91. The summed E-state index contributed by atoms with van der Waals surface area (Å²) in [5.74, 6) is 1.65. The van der Waals surface area contributed by atoms with Gasteiger partial charge in [-0.05, 0) is 29.5 Å². The van der Waals surface area contributed by atoms with Gasteiger partial charge in [-0.1, -0.05) is 0 Å². The maximum atomic E-state index is 8.91. The summed E-state index contributed by atoms with van der Waals surface area (Å²) in [6, 6.07) is 0. The lowest BCUT2D eigenvalue weighted by atomic mass is 10.3. The minimum atomic E-state index is -0.211. The Morgan fingerprint density at radius 1 is 1.62 bits per heavy atom. The van der Waals surface area contributed by atoms with Crippen molar-refractivity contribution >= 4 is 33.9 Å². The fourth-order valence-electron chi connectivity index (χ4n) is 1.20. The number of aliphatic hydroxyl groups is 1. The summed E-state index contributed by atoms with van der Waals surface area (Å²) in [5.41, 5.74) is 0. The van der Waals surface area contributed by atoms with E-state index in [2.05, 4.69) is 22.6 Å². The second kappa shape index (κ2) is 3.62. The van der Waals surface area contributed by atoms with Gasteiger partial charge in [0.1, 0.15) is 9.49 Å². The summed E-state index contributed by atoms with van der Waals surface area (Å²) < 4.78 is 12.2. The van der Waals surface area contributed by atoms with E-state index in [-0.39, 0.29) is 12.7 Å². The molecule has 13 heavy (non-hydrogen) atoms. The Labute approximate surface area is 93.8 Å². The maximum Gasteiger partial charge on any atom is 0.185 e. The lowest BCUT2D eigenvalue weighted by Crippen LogP contribution is -2.32. The number of thiophene rings is 1. The fourth-order valence-corrected chi connectivity index (χ4v) is 3.34. The minimum Gasteiger partial charge on any atom is -0.484 e. The average molecular weight is 312 g/mol. The molecule has 0 aliphatic carbocycles. The molecule has 1 aromatic heterocycles. The zero-order valence-corrected chi connectivity index (χ0v) is 10.0. The van der Waals surface area contributed by atoms with Gasteiger partial charge in [-0.2, -0.15) is 0 Å². The Hall–Kier alpha value is -0.0100. The predicted octanol–water partition coefficient (Wildman–Crippen LogP) is 1.79. The standard InChI is InChI=1S/C8H9IO3S/c1-4-6-7(8(9)13-4)11-3-5(2-10)12-6/h5,10H,2-3H2,1H3. The number of hydrogen-bond donors (Lipinski definition) is 1. The Bertz CT molecular complexity index is 323. The molecule has 0 saturated carbocycles. The van der Waals surface area contributed by atoms with Crippen molar-refractivity contribution in [3.05, 3.63) is 7.76 Å². The molecular weight excluding hydrogens is 303 g/mol. The average Bonchev–Trinajstić information content (AvgIpc) is 2.42. The van der Waals surface area contributed by atoms with E-state index in [1.807, 2.05) is 6.92 Å². The first kappa shape index (κ1) is 9.54. The highest BCUT2D eigenvalue weighted by atomic mass is 127. The number of aliphatic hydroxyl groups excluding tert-OH is 1. The summed E-state index contributed by atoms with van der Waals surface area (Å²) >= 11 is 3.89. The van der Waals surface area contributed by atoms with Crippen LogP contribution < -0.4 is 9.47 Å². The first-order chi connectivity index (χ1) is 6.22. The molecule has 0 amide bonds. The zero-order chi connectivity index (χ0) is 9.42. The SMILES string of the molecule is Cc1sc(I)c2c1OC(CO)CO2. The molecule has 0 radical (unpaired) electrons.